The maximum atomic E-state index is 3.54. The molecule has 0 spiro atoms. The van der Waals surface area contributed by atoms with Crippen LogP contribution in [0, 0.1) is 23.7 Å². The van der Waals surface area contributed by atoms with E-state index in [9.17, 15) is 0 Å². The Labute approximate surface area is 82.3 Å². The summed E-state index contributed by atoms with van der Waals surface area (Å²) in [7, 11) is 2.14. The standard InChI is InChI=1S/C12H23N/c1-4-8(2)12(13-3)11-9-6-5-7-10(9)11/h8-13H,4-7H2,1-3H3. The average molecular weight is 181 g/mol. The zero-order chi connectivity index (χ0) is 9.42. The van der Waals surface area contributed by atoms with Gasteiger partial charge in [0.2, 0.25) is 0 Å². The van der Waals surface area contributed by atoms with E-state index >= 15 is 0 Å². The first-order valence-electron chi connectivity index (χ1n) is 5.96. The Hall–Kier alpha value is -0.0400. The van der Waals surface area contributed by atoms with Crippen LogP contribution in [0.15, 0.2) is 0 Å². The predicted octanol–water partition coefficient (Wildman–Crippen LogP) is 2.67. The summed E-state index contributed by atoms with van der Waals surface area (Å²) in [5.41, 5.74) is 0. The Morgan fingerprint density at radius 2 is 1.92 bits per heavy atom. The van der Waals surface area contributed by atoms with Gasteiger partial charge in [-0.1, -0.05) is 26.7 Å². The highest BCUT2D eigenvalue weighted by Crippen LogP contribution is 2.59. The maximum Gasteiger partial charge on any atom is 0.0123 e. The van der Waals surface area contributed by atoms with Gasteiger partial charge >= 0.3 is 0 Å². The lowest BCUT2D eigenvalue weighted by atomic mass is 9.91. The van der Waals surface area contributed by atoms with Crippen LogP contribution in [0.25, 0.3) is 0 Å². The van der Waals surface area contributed by atoms with E-state index in [1.165, 1.54) is 25.7 Å². The van der Waals surface area contributed by atoms with E-state index in [0.717, 1.165) is 29.7 Å². The molecule has 0 aromatic heterocycles. The lowest BCUT2D eigenvalue weighted by Gasteiger charge is -2.24. The van der Waals surface area contributed by atoms with Crippen molar-refractivity contribution in [1.29, 1.82) is 0 Å². The monoisotopic (exact) mass is 181 g/mol. The van der Waals surface area contributed by atoms with Gasteiger partial charge < -0.3 is 5.32 Å². The van der Waals surface area contributed by atoms with Gasteiger partial charge in [-0.25, -0.2) is 0 Å². The van der Waals surface area contributed by atoms with Crippen molar-refractivity contribution in [3.05, 3.63) is 0 Å². The van der Waals surface area contributed by atoms with Gasteiger partial charge in [0.05, 0.1) is 0 Å². The summed E-state index contributed by atoms with van der Waals surface area (Å²) in [6.45, 7) is 4.71. The van der Waals surface area contributed by atoms with Crippen LogP contribution in [-0.2, 0) is 0 Å². The first-order chi connectivity index (χ1) is 6.29. The molecule has 0 aliphatic heterocycles. The first kappa shape index (κ1) is 9.51. The van der Waals surface area contributed by atoms with Gasteiger partial charge in [0, 0.05) is 6.04 Å². The first-order valence-corrected chi connectivity index (χ1v) is 5.96. The van der Waals surface area contributed by atoms with E-state index in [1.54, 1.807) is 0 Å². The molecule has 0 amide bonds. The highest BCUT2D eigenvalue weighted by molar-refractivity contribution is 5.06. The molecule has 2 rings (SSSR count). The topological polar surface area (TPSA) is 12.0 Å². The van der Waals surface area contributed by atoms with Crippen LogP contribution in [0.3, 0.4) is 0 Å². The molecule has 76 valence electrons. The van der Waals surface area contributed by atoms with E-state index in [-0.39, 0.29) is 0 Å². The van der Waals surface area contributed by atoms with E-state index < -0.39 is 0 Å². The smallest absolute Gasteiger partial charge is 0.0123 e. The van der Waals surface area contributed by atoms with Gasteiger partial charge in [0.1, 0.15) is 0 Å². The van der Waals surface area contributed by atoms with Gasteiger partial charge in [-0.05, 0) is 43.6 Å². The van der Waals surface area contributed by atoms with Crippen molar-refractivity contribution in [3.8, 4) is 0 Å². The molecule has 0 aromatic carbocycles. The lowest BCUT2D eigenvalue weighted by molar-refractivity contribution is 0.318. The molecule has 0 radical (unpaired) electrons. The van der Waals surface area contributed by atoms with Gasteiger partial charge in [-0.15, -0.1) is 0 Å². The Bertz CT molecular complexity index is 168. The largest absolute Gasteiger partial charge is 0.316 e. The van der Waals surface area contributed by atoms with Crippen LogP contribution in [0.1, 0.15) is 39.5 Å². The Kier molecular flexibility index (Phi) is 2.64. The van der Waals surface area contributed by atoms with Gasteiger partial charge in [-0.3, -0.25) is 0 Å². The minimum Gasteiger partial charge on any atom is -0.316 e. The van der Waals surface area contributed by atoms with E-state index in [4.69, 9.17) is 0 Å². The zero-order valence-electron chi connectivity index (χ0n) is 9.22. The molecule has 0 bridgehead atoms. The molecule has 4 unspecified atom stereocenters. The van der Waals surface area contributed by atoms with Crippen molar-refractivity contribution in [1.82, 2.24) is 5.32 Å². The van der Waals surface area contributed by atoms with Crippen LogP contribution >= 0.6 is 0 Å². The Morgan fingerprint density at radius 3 is 2.38 bits per heavy atom. The second-order valence-corrected chi connectivity index (χ2v) is 5.04. The number of hydrogen-bond donors (Lipinski definition) is 1. The molecule has 0 heterocycles. The van der Waals surface area contributed by atoms with Gasteiger partial charge in [-0.2, -0.15) is 0 Å². The normalized spacial score (nSPS) is 41.3. The molecule has 2 fully saturated rings. The third-order valence-corrected chi connectivity index (χ3v) is 4.48. The third-order valence-electron chi connectivity index (χ3n) is 4.48. The molecule has 0 aromatic rings. The molecule has 1 heteroatoms. The summed E-state index contributed by atoms with van der Waals surface area (Å²) in [6, 6.07) is 0.806. The summed E-state index contributed by atoms with van der Waals surface area (Å²) in [4.78, 5) is 0. The third kappa shape index (κ3) is 1.52. The van der Waals surface area contributed by atoms with Crippen LogP contribution in [0.2, 0.25) is 0 Å². The van der Waals surface area contributed by atoms with Crippen molar-refractivity contribution in [3.63, 3.8) is 0 Å². The molecule has 2 aliphatic carbocycles. The summed E-state index contributed by atoms with van der Waals surface area (Å²) >= 11 is 0. The molecule has 0 saturated heterocycles. The maximum absolute atomic E-state index is 3.54. The summed E-state index contributed by atoms with van der Waals surface area (Å²) < 4.78 is 0. The van der Waals surface area contributed by atoms with E-state index in [0.29, 0.717) is 0 Å². The predicted molar refractivity (Wildman–Crippen MR) is 56.6 cm³/mol. The highest BCUT2D eigenvalue weighted by atomic mass is 14.9. The Morgan fingerprint density at radius 1 is 1.31 bits per heavy atom. The number of rotatable bonds is 4. The molecule has 4 atom stereocenters. The van der Waals surface area contributed by atoms with Crippen LogP contribution < -0.4 is 5.32 Å². The number of fused-ring (bicyclic) bond motifs is 1. The van der Waals surface area contributed by atoms with Crippen LogP contribution in [0.5, 0.6) is 0 Å². The van der Waals surface area contributed by atoms with Gasteiger partial charge in [0.15, 0.2) is 0 Å². The summed E-state index contributed by atoms with van der Waals surface area (Å²) in [5.74, 6) is 4.10. The summed E-state index contributed by atoms with van der Waals surface area (Å²) in [6.07, 6.45) is 5.86. The van der Waals surface area contributed by atoms with Crippen LogP contribution in [-0.4, -0.2) is 13.1 Å². The molecule has 2 aliphatic rings. The fourth-order valence-corrected chi connectivity index (χ4v) is 3.52. The van der Waals surface area contributed by atoms with Crippen molar-refractivity contribution in [2.75, 3.05) is 7.05 Å². The van der Waals surface area contributed by atoms with E-state index in [2.05, 4.69) is 26.2 Å². The number of hydrogen-bond acceptors (Lipinski definition) is 1. The highest BCUT2D eigenvalue weighted by Gasteiger charge is 2.55. The molecular weight excluding hydrogens is 158 g/mol. The molecule has 2 saturated carbocycles. The van der Waals surface area contributed by atoms with E-state index in [1.807, 2.05) is 0 Å². The molecule has 1 nitrogen and oxygen atoms in total. The minimum absolute atomic E-state index is 0.806. The van der Waals surface area contributed by atoms with Crippen molar-refractivity contribution in [2.24, 2.45) is 23.7 Å². The van der Waals surface area contributed by atoms with Gasteiger partial charge in [0.25, 0.3) is 0 Å². The lowest BCUT2D eigenvalue weighted by Crippen LogP contribution is -2.35. The average Bonchev–Trinajstić information content (AvgIpc) is 2.64. The fraction of sp³-hybridized carbons (Fsp3) is 1.00. The zero-order valence-corrected chi connectivity index (χ0v) is 9.22. The molecular formula is C12H23N. The van der Waals surface area contributed by atoms with Crippen molar-refractivity contribution >= 4 is 0 Å². The molecule has 13 heavy (non-hydrogen) atoms. The Balaban J connectivity index is 1.91. The SMILES string of the molecule is CCC(C)C(NC)C1C2CCCC21. The minimum atomic E-state index is 0.806. The second kappa shape index (κ2) is 3.61. The van der Waals surface area contributed by atoms with Crippen molar-refractivity contribution < 1.29 is 0 Å². The van der Waals surface area contributed by atoms with Crippen LogP contribution in [0.4, 0.5) is 0 Å². The number of nitrogens with one attached hydrogen (secondary N) is 1. The summed E-state index contributed by atoms with van der Waals surface area (Å²) in [5, 5.41) is 3.54. The fourth-order valence-electron chi connectivity index (χ4n) is 3.52. The second-order valence-electron chi connectivity index (χ2n) is 5.04. The quantitative estimate of drug-likeness (QED) is 0.703. The molecule has 1 N–H and O–H groups in total. The van der Waals surface area contributed by atoms with Crippen molar-refractivity contribution in [2.45, 2.75) is 45.6 Å².